The molecular weight excluding hydrogens is 226 g/mol. The van der Waals surface area contributed by atoms with Crippen molar-refractivity contribution in [2.24, 2.45) is 0 Å². The van der Waals surface area contributed by atoms with E-state index >= 15 is 0 Å². The third kappa shape index (κ3) is 2.13. The van der Waals surface area contributed by atoms with Gasteiger partial charge in [-0.1, -0.05) is 11.6 Å². The number of aromatic nitrogens is 2. The Bertz CT molecular complexity index is 397. The number of nitrogens with zero attached hydrogens (tertiary/aromatic N) is 3. The van der Waals surface area contributed by atoms with Gasteiger partial charge in [-0.3, -0.25) is 0 Å². The molecule has 2 heterocycles. The molecule has 0 spiro atoms. The number of aryl methyl sites for hydroxylation is 1. The number of hydrogen-bond donors (Lipinski definition) is 0. The van der Waals surface area contributed by atoms with E-state index in [4.69, 9.17) is 16.3 Å². The normalized spacial score (nSPS) is 21.2. The van der Waals surface area contributed by atoms with Crippen LogP contribution in [0.15, 0.2) is 0 Å². The van der Waals surface area contributed by atoms with Gasteiger partial charge < -0.3 is 9.64 Å². The zero-order chi connectivity index (χ0) is 11.7. The van der Waals surface area contributed by atoms with Crippen LogP contribution in [0.4, 0.5) is 5.82 Å². The van der Waals surface area contributed by atoms with Gasteiger partial charge in [0.15, 0.2) is 0 Å². The van der Waals surface area contributed by atoms with Crippen LogP contribution in [-0.4, -0.2) is 35.8 Å². The van der Waals surface area contributed by atoms with Crippen molar-refractivity contribution >= 4 is 17.4 Å². The monoisotopic (exact) mass is 241 g/mol. The summed E-state index contributed by atoms with van der Waals surface area (Å²) >= 11 is 6.08. The minimum atomic E-state index is 0.331. The maximum Gasteiger partial charge on any atom is 0.137 e. The maximum atomic E-state index is 6.08. The second-order valence-electron chi connectivity index (χ2n) is 4.13. The third-order valence-electron chi connectivity index (χ3n) is 2.81. The number of hydrogen-bond acceptors (Lipinski definition) is 4. The van der Waals surface area contributed by atoms with E-state index in [1.54, 1.807) is 0 Å². The Labute approximate surface area is 101 Å². The van der Waals surface area contributed by atoms with Crippen LogP contribution in [0.25, 0.3) is 0 Å². The Morgan fingerprint density at radius 1 is 1.38 bits per heavy atom. The third-order valence-corrected chi connectivity index (χ3v) is 3.18. The van der Waals surface area contributed by atoms with Gasteiger partial charge in [-0.2, -0.15) is 0 Å². The highest BCUT2D eigenvalue weighted by Crippen LogP contribution is 2.25. The molecule has 0 aromatic carbocycles. The van der Waals surface area contributed by atoms with Crippen LogP contribution in [0.2, 0.25) is 5.15 Å². The summed E-state index contributed by atoms with van der Waals surface area (Å²) in [6.45, 7) is 8.28. The second kappa shape index (κ2) is 4.55. The quantitative estimate of drug-likeness (QED) is 0.705. The van der Waals surface area contributed by atoms with Crippen molar-refractivity contribution in [2.45, 2.75) is 26.8 Å². The predicted molar refractivity (Wildman–Crippen MR) is 64.1 cm³/mol. The first-order chi connectivity index (χ1) is 7.59. The molecule has 1 aromatic rings. The molecule has 88 valence electrons. The standard InChI is InChI=1S/C11H16ClN3O/c1-7-6-16-5-4-15(7)11-8(2)10(12)13-9(3)14-11/h7H,4-6H2,1-3H3. The van der Waals surface area contributed by atoms with Gasteiger partial charge in [0.05, 0.1) is 19.3 Å². The van der Waals surface area contributed by atoms with Crippen molar-refractivity contribution in [1.29, 1.82) is 0 Å². The molecule has 1 aliphatic rings. The van der Waals surface area contributed by atoms with Crippen LogP contribution < -0.4 is 4.90 Å². The van der Waals surface area contributed by atoms with Gasteiger partial charge in [0.25, 0.3) is 0 Å². The molecule has 2 rings (SSSR count). The first-order valence-electron chi connectivity index (χ1n) is 5.44. The molecule has 0 N–H and O–H groups in total. The number of anilines is 1. The van der Waals surface area contributed by atoms with E-state index in [1.165, 1.54) is 0 Å². The Balaban J connectivity index is 2.38. The molecule has 0 radical (unpaired) electrons. The van der Waals surface area contributed by atoms with Gasteiger partial charge in [-0.25, -0.2) is 9.97 Å². The molecule has 0 bridgehead atoms. The number of morpholine rings is 1. The Hall–Kier alpha value is -0.870. The number of halogens is 1. The van der Waals surface area contributed by atoms with Crippen LogP contribution in [0.1, 0.15) is 18.3 Å². The van der Waals surface area contributed by atoms with E-state index in [0.717, 1.165) is 31.1 Å². The molecular formula is C11H16ClN3O. The van der Waals surface area contributed by atoms with Crippen LogP contribution in [0.3, 0.4) is 0 Å². The highest BCUT2D eigenvalue weighted by atomic mass is 35.5. The van der Waals surface area contributed by atoms with Gasteiger partial charge in [0.2, 0.25) is 0 Å². The smallest absolute Gasteiger partial charge is 0.137 e. The molecule has 1 atom stereocenters. The number of rotatable bonds is 1. The molecule has 1 aliphatic heterocycles. The molecule has 4 nitrogen and oxygen atoms in total. The summed E-state index contributed by atoms with van der Waals surface area (Å²) in [6.07, 6.45) is 0. The highest BCUT2D eigenvalue weighted by molar-refractivity contribution is 6.30. The second-order valence-corrected chi connectivity index (χ2v) is 4.49. The molecule has 1 fully saturated rings. The van der Waals surface area contributed by atoms with Crippen molar-refractivity contribution in [3.8, 4) is 0 Å². The minimum absolute atomic E-state index is 0.331. The lowest BCUT2D eigenvalue weighted by molar-refractivity contribution is 0.0984. The average molecular weight is 242 g/mol. The highest BCUT2D eigenvalue weighted by Gasteiger charge is 2.23. The Morgan fingerprint density at radius 3 is 2.81 bits per heavy atom. The first-order valence-corrected chi connectivity index (χ1v) is 5.82. The van der Waals surface area contributed by atoms with E-state index in [1.807, 2.05) is 13.8 Å². The summed E-state index contributed by atoms with van der Waals surface area (Å²) in [6, 6.07) is 0.331. The molecule has 1 aromatic heterocycles. The van der Waals surface area contributed by atoms with E-state index in [-0.39, 0.29) is 0 Å². The molecule has 16 heavy (non-hydrogen) atoms. The van der Waals surface area contributed by atoms with E-state index < -0.39 is 0 Å². The Morgan fingerprint density at radius 2 is 2.12 bits per heavy atom. The molecule has 0 amide bonds. The molecule has 0 saturated carbocycles. The van der Waals surface area contributed by atoms with Crippen molar-refractivity contribution in [2.75, 3.05) is 24.7 Å². The maximum absolute atomic E-state index is 6.08. The van der Waals surface area contributed by atoms with Gasteiger partial charge in [0, 0.05) is 12.1 Å². The lowest BCUT2D eigenvalue weighted by Crippen LogP contribution is -2.44. The fraction of sp³-hybridized carbons (Fsp3) is 0.636. The largest absolute Gasteiger partial charge is 0.377 e. The van der Waals surface area contributed by atoms with Crippen molar-refractivity contribution in [3.05, 3.63) is 16.5 Å². The molecule has 1 unspecified atom stereocenters. The SMILES string of the molecule is Cc1nc(Cl)c(C)c(N2CCOCC2C)n1. The van der Waals surface area contributed by atoms with Crippen LogP contribution >= 0.6 is 11.6 Å². The lowest BCUT2D eigenvalue weighted by atomic mass is 10.2. The fourth-order valence-corrected chi connectivity index (χ4v) is 2.11. The fourth-order valence-electron chi connectivity index (χ4n) is 1.90. The van der Waals surface area contributed by atoms with Gasteiger partial charge in [-0.15, -0.1) is 0 Å². The summed E-state index contributed by atoms with van der Waals surface area (Å²) < 4.78 is 5.42. The van der Waals surface area contributed by atoms with E-state index in [0.29, 0.717) is 17.0 Å². The Kier molecular flexibility index (Phi) is 3.30. The van der Waals surface area contributed by atoms with Crippen LogP contribution in [0, 0.1) is 13.8 Å². The summed E-state index contributed by atoms with van der Waals surface area (Å²) in [4.78, 5) is 10.9. The van der Waals surface area contributed by atoms with Crippen LogP contribution in [0.5, 0.6) is 0 Å². The van der Waals surface area contributed by atoms with Gasteiger partial charge in [-0.05, 0) is 20.8 Å². The topological polar surface area (TPSA) is 38.2 Å². The summed E-state index contributed by atoms with van der Waals surface area (Å²) in [5.74, 6) is 1.65. The summed E-state index contributed by atoms with van der Waals surface area (Å²) in [5.41, 5.74) is 0.945. The first kappa shape index (κ1) is 11.6. The lowest BCUT2D eigenvalue weighted by Gasteiger charge is -2.35. The molecule has 1 saturated heterocycles. The van der Waals surface area contributed by atoms with Crippen LogP contribution in [-0.2, 0) is 4.74 Å². The molecule has 0 aliphatic carbocycles. The van der Waals surface area contributed by atoms with Crippen molar-refractivity contribution in [1.82, 2.24) is 9.97 Å². The van der Waals surface area contributed by atoms with Gasteiger partial charge >= 0.3 is 0 Å². The average Bonchev–Trinajstić information content (AvgIpc) is 2.24. The summed E-state index contributed by atoms with van der Waals surface area (Å²) in [5, 5.41) is 0.543. The van der Waals surface area contributed by atoms with Crippen molar-refractivity contribution < 1.29 is 4.74 Å². The van der Waals surface area contributed by atoms with Gasteiger partial charge in [0.1, 0.15) is 16.8 Å². The zero-order valence-electron chi connectivity index (χ0n) is 9.83. The van der Waals surface area contributed by atoms with E-state index in [9.17, 15) is 0 Å². The van der Waals surface area contributed by atoms with E-state index in [2.05, 4.69) is 21.8 Å². The number of ether oxygens (including phenoxy) is 1. The zero-order valence-corrected chi connectivity index (χ0v) is 10.6. The molecule has 5 heteroatoms. The van der Waals surface area contributed by atoms with Crippen molar-refractivity contribution in [3.63, 3.8) is 0 Å². The predicted octanol–water partition coefficient (Wildman–Crippen LogP) is 1.97. The summed E-state index contributed by atoms with van der Waals surface area (Å²) in [7, 11) is 0. The minimum Gasteiger partial charge on any atom is -0.377 e.